The zero-order chi connectivity index (χ0) is 19.5. The summed E-state index contributed by atoms with van der Waals surface area (Å²) in [4.78, 5) is 17.1. The van der Waals surface area contributed by atoms with Crippen molar-refractivity contribution >= 4 is 15.9 Å². The summed E-state index contributed by atoms with van der Waals surface area (Å²) in [7, 11) is -2.08. The summed E-state index contributed by atoms with van der Waals surface area (Å²) in [6.45, 7) is 1.74. The zero-order valence-corrected chi connectivity index (χ0v) is 16.3. The van der Waals surface area contributed by atoms with Gasteiger partial charge in [-0.2, -0.15) is 4.98 Å². The Balaban J connectivity index is 1.62. The highest BCUT2D eigenvalue weighted by Gasteiger charge is 2.41. The lowest BCUT2D eigenvalue weighted by molar-refractivity contribution is -0.123. The van der Waals surface area contributed by atoms with Crippen molar-refractivity contribution in [3.8, 4) is 0 Å². The third-order valence-corrected chi connectivity index (χ3v) is 6.36. The third-order valence-electron chi connectivity index (χ3n) is 4.93. The molecular formula is C18H24N4O4S. The van der Waals surface area contributed by atoms with Crippen LogP contribution in [0.5, 0.6) is 0 Å². The SMILES string of the molecule is CNS(=O)(=O)c1ccc(CCC(=O)NC2(c3noc(C)n3)CCCC2)cc1. The lowest BCUT2D eigenvalue weighted by atomic mass is 9.96. The Labute approximate surface area is 158 Å². The quantitative estimate of drug-likeness (QED) is 0.743. The Kier molecular flexibility index (Phi) is 5.61. The van der Waals surface area contributed by atoms with Gasteiger partial charge >= 0.3 is 0 Å². The number of sulfonamides is 1. The average molecular weight is 392 g/mol. The summed E-state index contributed by atoms with van der Waals surface area (Å²) < 4.78 is 30.9. The predicted molar refractivity (Wildman–Crippen MR) is 98.3 cm³/mol. The number of rotatable bonds is 7. The molecule has 1 fully saturated rings. The molecule has 146 valence electrons. The number of carbonyl (C=O) groups is 1. The number of benzene rings is 1. The first-order valence-electron chi connectivity index (χ1n) is 8.99. The van der Waals surface area contributed by atoms with Crippen molar-refractivity contribution in [1.82, 2.24) is 20.2 Å². The molecule has 0 saturated heterocycles. The first kappa shape index (κ1) is 19.5. The summed E-state index contributed by atoms with van der Waals surface area (Å²) in [5.74, 6) is 0.959. The van der Waals surface area contributed by atoms with Gasteiger partial charge in [-0.25, -0.2) is 13.1 Å². The highest BCUT2D eigenvalue weighted by molar-refractivity contribution is 7.89. The fourth-order valence-electron chi connectivity index (χ4n) is 3.42. The van der Waals surface area contributed by atoms with Gasteiger partial charge in [0.15, 0.2) is 5.82 Å². The van der Waals surface area contributed by atoms with Crippen LogP contribution in [0, 0.1) is 6.92 Å². The molecule has 27 heavy (non-hydrogen) atoms. The van der Waals surface area contributed by atoms with Crippen LogP contribution in [0.25, 0.3) is 0 Å². The monoisotopic (exact) mass is 392 g/mol. The number of carbonyl (C=O) groups excluding carboxylic acids is 1. The van der Waals surface area contributed by atoms with Gasteiger partial charge in [0.1, 0.15) is 5.54 Å². The van der Waals surface area contributed by atoms with Gasteiger partial charge in [-0.1, -0.05) is 30.1 Å². The predicted octanol–water partition coefficient (Wildman–Crippen LogP) is 1.80. The van der Waals surface area contributed by atoms with Crippen LogP contribution in [-0.4, -0.2) is 31.5 Å². The molecule has 0 radical (unpaired) electrons. The summed E-state index contributed by atoms with van der Waals surface area (Å²) in [6, 6.07) is 6.54. The molecule has 1 aromatic carbocycles. The van der Waals surface area contributed by atoms with Crippen LogP contribution in [0.4, 0.5) is 0 Å². The van der Waals surface area contributed by atoms with Crippen LogP contribution >= 0.6 is 0 Å². The number of aromatic nitrogens is 2. The number of nitrogens with zero attached hydrogens (tertiary/aromatic N) is 2. The smallest absolute Gasteiger partial charge is 0.240 e. The minimum atomic E-state index is -3.45. The maximum absolute atomic E-state index is 12.5. The fraction of sp³-hybridized carbons (Fsp3) is 0.500. The van der Waals surface area contributed by atoms with Crippen LogP contribution in [0.1, 0.15) is 49.4 Å². The van der Waals surface area contributed by atoms with Gasteiger partial charge in [0, 0.05) is 13.3 Å². The molecule has 1 saturated carbocycles. The molecule has 0 atom stereocenters. The highest BCUT2D eigenvalue weighted by Crippen LogP contribution is 2.37. The summed E-state index contributed by atoms with van der Waals surface area (Å²) in [5.41, 5.74) is 0.357. The first-order chi connectivity index (χ1) is 12.8. The van der Waals surface area contributed by atoms with Crippen molar-refractivity contribution < 1.29 is 17.7 Å². The fourth-order valence-corrected chi connectivity index (χ4v) is 4.15. The minimum Gasteiger partial charge on any atom is -0.343 e. The summed E-state index contributed by atoms with van der Waals surface area (Å²) >= 11 is 0. The molecule has 0 spiro atoms. The lowest BCUT2D eigenvalue weighted by Gasteiger charge is -2.26. The van der Waals surface area contributed by atoms with Crippen LogP contribution in [0.3, 0.4) is 0 Å². The van der Waals surface area contributed by atoms with Gasteiger partial charge in [-0.15, -0.1) is 0 Å². The van der Waals surface area contributed by atoms with Crippen molar-refractivity contribution in [2.75, 3.05) is 7.05 Å². The van der Waals surface area contributed by atoms with Gasteiger partial charge in [0.2, 0.25) is 21.8 Å². The van der Waals surface area contributed by atoms with Crippen molar-refractivity contribution in [2.24, 2.45) is 0 Å². The van der Waals surface area contributed by atoms with Crippen LogP contribution in [0.2, 0.25) is 0 Å². The molecule has 1 aliphatic rings. The van der Waals surface area contributed by atoms with Crippen molar-refractivity contribution in [1.29, 1.82) is 0 Å². The van der Waals surface area contributed by atoms with E-state index in [1.165, 1.54) is 7.05 Å². The van der Waals surface area contributed by atoms with E-state index >= 15 is 0 Å². The second kappa shape index (κ2) is 7.77. The van der Waals surface area contributed by atoms with E-state index in [1.807, 2.05) is 0 Å². The standard InChI is InChI=1S/C18H24N4O4S/c1-13-20-17(22-26-13)18(11-3-4-12-18)21-16(23)10-7-14-5-8-15(9-6-14)27(24,25)19-2/h5-6,8-9,19H,3-4,7,10-12H2,1-2H3,(H,21,23). The average Bonchev–Trinajstić information content (AvgIpc) is 3.30. The van der Waals surface area contributed by atoms with Crippen LogP contribution < -0.4 is 10.0 Å². The molecule has 2 aromatic rings. The van der Waals surface area contributed by atoms with Gasteiger partial charge in [-0.05, 0) is 44.0 Å². The van der Waals surface area contributed by atoms with E-state index in [9.17, 15) is 13.2 Å². The number of nitrogens with one attached hydrogen (secondary N) is 2. The van der Waals surface area contributed by atoms with Crippen molar-refractivity contribution in [2.45, 2.75) is 55.9 Å². The number of amides is 1. The first-order valence-corrected chi connectivity index (χ1v) is 10.5. The Morgan fingerprint density at radius 2 is 1.89 bits per heavy atom. The third kappa shape index (κ3) is 4.36. The highest BCUT2D eigenvalue weighted by atomic mass is 32.2. The Bertz CT molecular complexity index is 900. The Morgan fingerprint density at radius 1 is 1.22 bits per heavy atom. The van der Waals surface area contributed by atoms with Crippen LogP contribution in [0.15, 0.2) is 33.7 Å². The summed E-state index contributed by atoms with van der Waals surface area (Å²) in [5, 5.41) is 7.13. The topological polar surface area (TPSA) is 114 Å². The molecule has 8 nitrogen and oxygen atoms in total. The summed E-state index contributed by atoms with van der Waals surface area (Å²) in [6.07, 6.45) is 4.44. The van der Waals surface area contributed by atoms with Gasteiger partial charge in [-0.3, -0.25) is 4.79 Å². The lowest BCUT2D eigenvalue weighted by Crippen LogP contribution is -2.44. The molecule has 2 N–H and O–H groups in total. The minimum absolute atomic E-state index is 0.0775. The normalized spacial score (nSPS) is 16.4. The molecule has 1 aromatic heterocycles. The van der Waals surface area contributed by atoms with Gasteiger partial charge in [0.05, 0.1) is 4.90 Å². The van der Waals surface area contributed by atoms with E-state index < -0.39 is 15.6 Å². The molecule has 0 bridgehead atoms. The van der Waals surface area contributed by atoms with E-state index in [-0.39, 0.29) is 10.8 Å². The molecule has 9 heteroatoms. The van der Waals surface area contributed by atoms with Crippen LogP contribution in [-0.2, 0) is 26.8 Å². The molecule has 1 amide bonds. The van der Waals surface area contributed by atoms with Gasteiger partial charge in [0.25, 0.3) is 0 Å². The number of hydrogen-bond acceptors (Lipinski definition) is 6. The largest absolute Gasteiger partial charge is 0.343 e. The van der Waals surface area contributed by atoms with E-state index in [1.54, 1.807) is 31.2 Å². The second-order valence-corrected chi connectivity index (χ2v) is 8.71. The van der Waals surface area contributed by atoms with E-state index in [4.69, 9.17) is 4.52 Å². The maximum atomic E-state index is 12.5. The van der Waals surface area contributed by atoms with Crippen molar-refractivity contribution in [3.63, 3.8) is 0 Å². The molecule has 3 rings (SSSR count). The molecular weight excluding hydrogens is 368 g/mol. The van der Waals surface area contributed by atoms with E-state index in [0.29, 0.717) is 24.6 Å². The Hall–Kier alpha value is -2.26. The van der Waals surface area contributed by atoms with E-state index in [0.717, 1.165) is 31.2 Å². The number of aryl methyl sites for hydroxylation is 2. The van der Waals surface area contributed by atoms with E-state index in [2.05, 4.69) is 20.2 Å². The molecule has 1 aliphatic carbocycles. The zero-order valence-electron chi connectivity index (χ0n) is 15.5. The van der Waals surface area contributed by atoms with Gasteiger partial charge < -0.3 is 9.84 Å². The molecule has 0 aliphatic heterocycles. The van der Waals surface area contributed by atoms with Crippen molar-refractivity contribution in [3.05, 3.63) is 41.5 Å². The maximum Gasteiger partial charge on any atom is 0.240 e. The number of hydrogen-bond donors (Lipinski definition) is 2. The Morgan fingerprint density at radius 3 is 2.44 bits per heavy atom. The second-order valence-electron chi connectivity index (χ2n) is 6.83. The molecule has 1 heterocycles. The molecule has 0 unspecified atom stereocenters.